The van der Waals surface area contributed by atoms with Crippen LogP contribution in [0.3, 0.4) is 0 Å². The van der Waals surface area contributed by atoms with E-state index in [9.17, 15) is 0 Å². The lowest BCUT2D eigenvalue weighted by Crippen LogP contribution is -2.24. The quantitative estimate of drug-likeness (QED) is 0.898. The fourth-order valence-corrected chi connectivity index (χ4v) is 1.89. The molecule has 0 aliphatic heterocycles. The molecule has 2 aromatic rings. The van der Waals surface area contributed by atoms with Crippen molar-refractivity contribution in [3.63, 3.8) is 0 Å². The largest absolute Gasteiger partial charge is 0.473 e. The molecule has 21 heavy (non-hydrogen) atoms. The number of ether oxygens (including phenoxy) is 2. The highest BCUT2D eigenvalue weighted by Gasteiger charge is 2.15. The molecule has 0 aliphatic rings. The Bertz CT molecular complexity index is 607. The molecule has 112 valence electrons. The fourth-order valence-electron chi connectivity index (χ4n) is 1.62. The van der Waals surface area contributed by atoms with Gasteiger partial charge in [0, 0.05) is 10.5 Å². The Morgan fingerprint density at radius 3 is 2.38 bits per heavy atom. The Hall–Kier alpha value is -1.75. The van der Waals surface area contributed by atoms with Gasteiger partial charge in [0.15, 0.2) is 0 Å². The Balaban J connectivity index is 2.06. The summed E-state index contributed by atoms with van der Waals surface area (Å²) in [6, 6.07) is 11.4. The van der Waals surface area contributed by atoms with Crippen LogP contribution in [0.4, 0.5) is 5.69 Å². The number of anilines is 1. The highest BCUT2D eigenvalue weighted by atomic mass is 79.9. The number of pyridine rings is 1. The lowest BCUT2D eigenvalue weighted by Gasteiger charge is -2.21. The van der Waals surface area contributed by atoms with Crippen LogP contribution in [0.25, 0.3) is 0 Å². The van der Waals surface area contributed by atoms with E-state index in [0.717, 1.165) is 10.0 Å². The van der Waals surface area contributed by atoms with E-state index >= 15 is 0 Å². The van der Waals surface area contributed by atoms with Crippen molar-refractivity contribution in [3.8, 4) is 11.8 Å². The Morgan fingerprint density at radius 2 is 1.76 bits per heavy atom. The van der Waals surface area contributed by atoms with E-state index in [-0.39, 0.29) is 5.60 Å². The van der Waals surface area contributed by atoms with E-state index in [0.29, 0.717) is 24.1 Å². The van der Waals surface area contributed by atoms with E-state index in [4.69, 9.17) is 15.2 Å². The van der Waals surface area contributed by atoms with Gasteiger partial charge in [0.1, 0.15) is 12.2 Å². The minimum Gasteiger partial charge on any atom is -0.473 e. The second-order valence-electron chi connectivity index (χ2n) is 5.67. The number of nitrogen functional groups attached to an aromatic ring is 1. The van der Waals surface area contributed by atoms with Gasteiger partial charge >= 0.3 is 0 Å². The molecule has 0 saturated carbocycles. The molecule has 1 aromatic carbocycles. The van der Waals surface area contributed by atoms with Crippen LogP contribution in [-0.2, 0) is 6.61 Å². The van der Waals surface area contributed by atoms with Gasteiger partial charge in [-0.05, 0) is 44.5 Å². The summed E-state index contributed by atoms with van der Waals surface area (Å²) in [7, 11) is 0. The maximum Gasteiger partial charge on any atom is 0.241 e. The number of hydrogen-bond acceptors (Lipinski definition) is 4. The number of aromatic nitrogens is 1. The Morgan fingerprint density at radius 1 is 1.10 bits per heavy atom. The average Bonchev–Trinajstić information content (AvgIpc) is 2.40. The first-order valence-electron chi connectivity index (χ1n) is 6.66. The van der Waals surface area contributed by atoms with Crippen molar-refractivity contribution in [2.24, 2.45) is 0 Å². The van der Waals surface area contributed by atoms with E-state index in [1.807, 2.05) is 45.0 Å². The highest BCUT2D eigenvalue weighted by Crippen LogP contribution is 2.26. The van der Waals surface area contributed by atoms with Gasteiger partial charge in [0.25, 0.3) is 0 Å². The van der Waals surface area contributed by atoms with Gasteiger partial charge in [0.05, 0.1) is 5.69 Å². The molecule has 1 heterocycles. The van der Waals surface area contributed by atoms with Crippen LogP contribution >= 0.6 is 15.9 Å². The molecule has 2 rings (SSSR count). The van der Waals surface area contributed by atoms with Crippen molar-refractivity contribution < 1.29 is 9.47 Å². The second-order valence-corrected chi connectivity index (χ2v) is 6.59. The topological polar surface area (TPSA) is 57.4 Å². The Kier molecular flexibility index (Phi) is 4.73. The zero-order valence-electron chi connectivity index (χ0n) is 12.4. The molecule has 0 saturated heterocycles. The second kappa shape index (κ2) is 6.35. The first-order chi connectivity index (χ1) is 9.83. The normalized spacial score (nSPS) is 11.2. The third-order valence-corrected chi connectivity index (χ3v) is 3.10. The van der Waals surface area contributed by atoms with Gasteiger partial charge in [0.2, 0.25) is 11.8 Å². The van der Waals surface area contributed by atoms with Gasteiger partial charge in [-0.15, -0.1) is 0 Å². The minimum atomic E-state index is -0.356. The summed E-state index contributed by atoms with van der Waals surface area (Å²) in [5.74, 6) is 0.891. The lowest BCUT2D eigenvalue weighted by atomic mass is 10.2. The van der Waals surface area contributed by atoms with Crippen LogP contribution in [0.15, 0.2) is 40.9 Å². The van der Waals surface area contributed by atoms with Crippen molar-refractivity contribution in [2.75, 3.05) is 5.73 Å². The molecule has 1 aromatic heterocycles. The zero-order chi connectivity index (χ0) is 15.5. The molecule has 0 radical (unpaired) electrons. The van der Waals surface area contributed by atoms with Crippen molar-refractivity contribution in [1.29, 1.82) is 0 Å². The Labute approximate surface area is 133 Å². The average molecular weight is 351 g/mol. The van der Waals surface area contributed by atoms with Crippen LogP contribution in [-0.4, -0.2) is 10.6 Å². The summed E-state index contributed by atoms with van der Waals surface area (Å²) >= 11 is 3.40. The predicted molar refractivity (Wildman–Crippen MR) is 87.5 cm³/mol. The molecule has 0 atom stereocenters. The van der Waals surface area contributed by atoms with Crippen molar-refractivity contribution >= 4 is 21.6 Å². The molecular formula is C16H19BrN2O2. The predicted octanol–water partition coefficient (Wildman–Crippen LogP) is 4.18. The van der Waals surface area contributed by atoms with Crippen LogP contribution in [0, 0.1) is 0 Å². The maximum atomic E-state index is 5.87. The molecule has 0 unspecified atom stereocenters. The molecular weight excluding hydrogens is 332 g/mol. The van der Waals surface area contributed by atoms with Crippen LogP contribution in [0.1, 0.15) is 26.3 Å². The number of nitrogens with two attached hydrogens (primary N) is 1. The minimum absolute atomic E-state index is 0.356. The number of hydrogen-bond donors (Lipinski definition) is 1. The molecule has 2 N–H and O–H groups in total. The third kappa shape index (κ3) is 4.93. The fraction of sp³-hybridized carbons (Fsp3) is 0.312. The van der Waals surface area contributed by atoms with E-state index < -0.39 is 0 Å². The highest BCUT2D eigenvalue weighted by molar-refractivity contribution is 9.10. The lowest BCUT2D eigenvalue weighted by molar-refractivity contribution is 0.123. The van der Waals surface area contributed by atoms with Crippen molar-refractivity contribution in [1.82, 2.24) is 4.98 Å². The molecule has 0 amide bonds. The first-order valence-corrected chi connectivity index (χ1v) is 7.45. The van der Waals surface area contributed by atoms with Crippen LogP contribution in [0.2, 0.25) is 0 Å². The molecule has 5 heteroatoms. The van der Waals surface area contributed by atoms with Crippen molar-refractivity contribution in [3.05, 3.63) is 46.4 Å². The molecule has 0 aliphatic carbocycles. The van der Waals surface area contributed by atoms with E-state index in [2.05, 4.69) is 20.9 Å². The van der Waals surface area contributed by atoms with Crippen LogP contribution < -0.4 is 15.2 Å². The standard InChI is InChI=1S/C16H19BrN2O2/c1-16(2,3)21-15-13(18)8-9-14(19-15)20-10-11-4-6-12(17)7-5-11/h4-9H,10,18H2,1-3H3. The summed E-state index contributed by atoms with van der Waals surface area (Å²) < 4.78 is 12.4. The summed E-state index contributed by atoms with van der Waals surface area (Å²) in [4.78, 5) is 4.31. The van der Waals surface area contributed by atoms with Gasteiger partial charge in [-0.25, -0.2) is 0 Å². The number of nitrogens with zero attached hydrogens (tertiary/aromatic N) is 1. The van der Waals surface area contributed by atoms with E-state index in [1.165, 1.54) is 0 Å². The molecule has 0 bridgehead atoms. The smallest absolute Gasteiger partial charge is 0.241 e. The van der Waals surface area contributed by atoms with E-state index in [1.54, 1.807) is 12.1 Å². The van der Waals surface area contributed by atoms with Gasteiger partial charge < -0.3 is 15.2 Å². The monoisotopic (exact) mass is 350 g/mol. The molecule has 4 nitrogen and oxygen atoms in total. The number of benzene rings is 1. The molecule has 0 spiro atoms. The van der Waals surface area contributed by atoms with Crippen molar-refractivity contribution in [2.45, 2.75) is 33.0 Å². The number of halogens is 1. The third-order valence-electron chi connectivity index (χ3n) is 2.57. The molecule has 0 fully saturated rings. The summed E-state index contributed by atoms with van der Waals surface area (Å²) in [5.41, 5.74) is 7.08. The number of rotatable bonds is 4. The van der Waals surface area contributed by atoms with Gasteiger partial charge in [-0.2, -0.15) is 4.98 Å². The van der Waals surface area contributed by atoms with Gasteiger partial charge in [-0.3, -0.25) is 0 Å². The van der Waals surface area contributed by atoms with Crippen LogP contribution in [0.5, 0.6) is 11.8 Å². The summed E-state index contributed by atoms with van der Waals surface area (Å²) in [5, 5.41) is 0. The maximum absolute atomic E-state index is 5.87. The van der Waals surface area contributed by atoms with Gasteiger partial charge in [-0.1, -0.05) is 28.1 Å². The summed E-state index contributed by atoms with van der Waals surface area (Å²) in [6.45, 7) is 6.29. The zero-order valence-corrected chi connectivity index (χ0v) is 14.0. The SMILES string of the molecule is CC(C)(C)Oc1nc(OCc2ccc(Br)cc2)ccc1N. The summed E-state index contributed by atoms with van der Waals surface area (Å²) in [6.07, 6.45) is 0. The first kappa shape index (κ1) is 15.6.